The largest absolute Gasteiger partial charge is 0.321 e. The summed E-state index contributed by atoms with van der Waals surface area (Å²) in [5.74, 6) is -0.148. The van der Waals surface area contributed by atoms with E-state index in [0.717, 1.165) is 43.2 Å². The van der Waals surface area contributed by atoms with Crippen LogP contribution >= 0.6 is 0 Å². The van der Waals surface area contributed by atoms with Crippen LogP contribution < -0.4 is 5.73 Å². The molecule has 1 aliphatic rings. The van der Waals surface area contributed by atoms with Crippen molar-refractivity contribution in [3.8, 4) is 0 Å². The second kappa shape index (κ2) is 4.54. The lowest BCUT2D eigenvalue weighted by Gasteiger charge is -2.34. The molecule has 88 valence electrons. The summed E-state index contributed by atoms with van der Waals surface area (Å²) in [7, 11) is 0. The van der Waals surface area contributed by atoms with Crippen molar-refractivity contribution in [2.24, 2.45) is 5.73 Å². The summed E-state index contributed by atoms with van der Waals surface area (Å²) in [6.07, 6.45) is 6.41. The Morgan fingerprint density at radius 2 is 1.88 bits per heavy atom. The average Bonchev–Trinajstić information content (AvgIpc) is 2.29. The first-order valence-corrected chi connectivity index (χ1v) is 6.23. The summed E-state index contributed by atoms with van der Waals surface area (Å²) < 4.78 is 13.5. The highest BCUT2D eigenvalue weighted by Gasteiger charge is 2.29. The Kier molecular flexibility index (Phi) is 3.29. The first kappa shape index (κ1) is 11.6. The molecule has 0 atom stereocenters. The molecular weight excluding hydrogens is 201 g/mol. The van der Waals surface area contributed by atoms with E-state index in [0.29, 0.717) is 0 Å². The molecule has 16 heavy (non-hydrogen) atoms. The molecule has 0 saturated heterocycles. The molecule has 1 aromatic rings. The molecule has 1 fully saturated rings. The van der Waals surface area contributed by atoms with Gasteiger partial charge in [0.2, 0.25) is 0 Å². The minimum atomic E-state index is -0.287. The predicted molar refractivity (Wildman–Crippen MR) is 64.7 cm³/mol. The van der Waals surface area contributed by atoms with Gasteiger partial charge in [-0.1, -0.05) is 32.3 Å². The van der Waals surface area contributed by atoms with Crippen LogP contribution in [0.25, 0.3) is 0 Å². The summed E-state index contributed by atoms with van der Waals surface area (Å²) in [6.45, 7) is 2.04. The van der Waals surface area contributed by atoms with Gasteiger partial charge in [-0.2, -0.15) is 0 Å². The smallest absolute Gasteiger partial charge is 0.123 e. The number of benzene rings is 1. The first-order valence-electron chi connectivity index (χ1n) is 6.23. The lowest BCUT2D eigenvalue weighted by molar-refractivity contribution is 0.301. The van der Waals surface area contributed by atoms with E-state index in [1.165, 1.54) is 6.42 Å². The molecule has 0 unspecified atom stereocenters. The van der Waals surface area contributed by atoms with Crippen LogP contribution in [0.1, 0.15) is 50.2 Å². The van der Waals surface area contributed by atoms with Gasteiger partial charge >= 0.3 is 0 Å². The quantitative estimate of drug-likeness (QED) is 0.812. The fourth-order valence-electron chi connectivity index (χ4n) is 2.61. The standard InChI is InChI=1S/C14H20FN/c1-2-11-8-12(10-13(15)9-11)14(16)6-4-3-5-7-14/h8-10H,2-7,16H2,1H3. The maximum absolute atomic E-state index is 13.5. The van der Waals surface area contributed by atoms with Crippen molar-refractivity contribution < 1.29 is 4.39 Å². The summed E-state index contributed by atoms with van der Waals surface area (Å²) >= 11 is 0. The zero-order chi connectivity index (χ0) is 11.6. The van der Waals surface area contributed by atoms with Crippen LogP contribution in [0.15, 0.2) is 18.2 Å². The van der Waals surface area contributed by atoms with Gasteiger partial charge in [-0.25, -0.2) is 4.39 Å². The first-order chi connectivity index (χ1) is 7.64. The Morgan fingerprint density at radius 3 is 2.50 bits per heavy atom. The molecule has 0 radical (unpaired) electrons. The highest BCUT2D eigenvalue weighted by Crippen LogP contribution is 2.35. The number of rotatable bonds is 2. The Balaban J connectivity index is 2.34. The molecule has 1 aliphatic carbocycles. The van der Waals surface area contributed by atoms with Crippen molar-refractivity contribution in [3.63, 3.8) is 0 Å². The molecule has 0 bridgehead atoms. The maximum Gasteiger partial charge on any atom is 0.123 e. The van der Waals surface area contributed by atoms with E-state index in [2.05, 4.69) is 6.07 Å². The fourth-order valence-corrected chi connectivity index (χ4v) is 2.61. The second-order valence-corrected chi connectivity index (χ2v) is 4.92. The average molecular weight is 221 g/mol. The van der Waals surface area contributed by atoms with Gasteiger partial charge in [-0.3, -0.25) is 0 Å². The van der Waals surface area contributed by atoms with E-state index < -0.39 is 0 Å². The van der Waals surface area contributed by atoms with Crippen molar-refractivity contribution in [3.05, 3.63) is 35.1 Å². The molecule has 1 saturated carbocycles. The number of aryl methyl sites for hydroxylation is 1. The molecule has 0 aliphatic heterocycles. The topological polar surface area (TPSA) is 26.0 Å². The van der Waals surface area contributed by atoms with E-state index >= 15 is 0 Å². The maximum atomic E-state index is 13.5. The summed E-state index contributed by atoms with van der Waals surface area (Å²) in [6, 6.07) is 5.30. The number of hydrogen-bond donors (Lipinski definition) is 1. The van der Waals surface area contributed by atoms with Gasteiger partial charge in [-0.05, 0) is 42.5 Å². The number of halogens is 1. The van der Waals surface area contributed by atoms with Crippen LogP contribution in [0.4, 0.5) is 4.39 Å². The second-order valence-electron chi connectivity index (χ2n) is 4.92. The summed E-state index contributed by atoms with van der Waals surface area (Å²) in [5, 5.41) is 0. The van der Waals surface area contributed by atoms with Gasteiger partial charge < -0.3 is 5.73 Å². The summed E-state index contributed by atoms with van der Waals surface area (Å²) in [5.41, 5.74) is 8.16. The molecule has 2 rings (SSSR count). The van der Waals surface area contributed by atoms with Crippen LogP contribution in [0.3, 0.4) is 0 Å². The number of hydrogen-bond acceptors (Lipinski definition) is 1. The van der Waals surface area contributed by atoms with Crippen molar-refractivity contribution in [1.82, 2.24) is 0 Å². The SMILES string of the molecule is CCc1cc(F)cc(C2(N)CCCCC2)c1. The monoisotopic (exact) mass is 221 g/mol. The van der Waals surface area contributed by atoms with Gasteiger partial charge in [-0.15, -0.1) is 0 Å². The lowest BCUT2D eigenvalue weighted by Crippen LogP contribution is -2.38. The third-order valence-electron chi connectivity index (χ3n) is 3.69. The summed E-state index contributed by atoms with van der Waals surface area (Å²) in [4.78, 5) is 0. The van der Waals surface area contributed by atoms with Crippen molar-refractivity contribution in [2.75, 3.05) is 0 Å². The van der Waals surface area contributed by atoms with E-state index in [-0.39, 0.29) is 11.4 Å². The Labute approximate surface area is 96.9 Å². The van der Waals surface area contributed by atoms with E-state index in [4.69, 9.17) is 5.73 Å². The van der Waals surface area contributed by atoms with Crippen molar-refractivity contribution in [1.29, 1.82) is 0 Å². The van der Waals surface area contributed by atoms with Gasteiger partial charge in [0.15, 0.2) is 0 Å². The van der Waals surface area contributed by atoms with Crippen molar-refractivity contribution >= 4 is 0 Å². The predicted octanol–water partition coefficient (Wildman–Crippen LogP) is 3.51. The molecule has 0 heterocycles. The van der Waals surface area contributed by atoms with Gasteiger partial charge in [0.1, 0.15) is 5.82 Å². The minimum absolute atomic E-state index is 0.148. The normalized spacial score (nSPS) is 19.7. The molecule has 2 heteroatoms. The molecule has 1 aromatic carbocycles. The Bertz CT molecular complexity index is 367. The zero-order valence-corrected chi connectivity index (χ0v) is 9.93. The Morgan fingerprint density at radius 1 is 1.19 bits per heavy atom. The molecule has 2 N–H and O–H groups in total. The highest BCUT2D eigenvalue weighted by molar-refractivity contribution is 5.30. The van der Waals surface area contributed by atoms with Gasteiger partial charge in [0.25, 0.3) is 0 Å². The molecule has 0 amide bonds. The third-order valence-corrected chi connectivity index (χ3v) is 3.69. The number of nitrogens with two attached hydrogens (primary N) is 1. The van der Waals surface area contributed by atoms with E-state index in [9.17, 15) is 4.39 Å². The third kappa shape index (κ3) is 2.27. The fraction of sp³-hybridized carbons (Fsp3) is 0.571. The molecule has 0 aromatic heterocycles. The van der Waals surface area contributed by atoms with Crippen LogP contribution in [0, 0.1) is 5.82 Å². The van der Waals surface area contributed by atoms with Crippen LogP contribution in [0.5, 0.6) is 0 Å². The molecule has 0 spiro atoms. The van der Waals surface area contributed by atoms with Gasteiger partial charge in [0, 0.05) is 5.54 Å². The Hall–Kier alpha value is -0.890. The van der Waals surface area contributed by atoms with Gasteiger partial charge in [0.05, 0.1) is 0 Å². The van der Waals surface area contributed by atoms with Crippen LogP contribution in [-0.2, 0) is 12.0 Å². The zero-order valence-electron chi connectivity index (χ0n) is 9.93. The van der Waals surface area contributed by atoms with Crippen LogP contribution in [0.2, 0.25) is 0 Å². The minimum Gasteiger partial charge on any atom is -0.321 e. The molecule has 1 nitrogen and oxygen atoms in total. The molecular formula is C14H20FN. The van der Waals surface area contributed by atoms with E-state index in [1.54, 1.807) is 12.1 Å². The van der Waals surface area contributed by atoms with Crippen molar-refractivity contribution in [2.45, 2.75) is 51.0 Å². The van der Waals surface area contributed by atoms with Crippen LogP contribution in [-0.4, -0.2) is 0 Å². The lowest BCUT2D eigenvalue weighted by atomic mass is 9.77. The van der Waals surface area contributed by atoms with E-state index in [1.807, 2.05) is 6.92 Å². The highest BCUT2D eigenvalue weighted by atomic mass is 19.1.